The van der Waals surface area contributed by atoms with Crippen molar-refractivity contribution in [2.24, 2.45) is 0 Å². The highest BCUT2D eigenvalue weighted by atomic mass is 19.4. The van der Waals surface area contributed by atoms with E-state index in [0.717, 1.165) is 4.90 Å². The summed E-state index contributed by atoms with van der Waals surface area (Å²) < 4.78 is 40.0. The molecule has 1 fully saturated rings. The second kappa shape index (κ2) is 6.12. The number of amides is 2. The number of hydrogen-bond donors (Lipinski definition) is 1. The number of ether oxygens (including phenoxy) is 1. The van der Waals surface area contributed by atoms with Crippen LogP contribution in [-0.2, 0) is 9.53 Å². The quantitative estimate of drug-likeness (QED) is 0.856. The highest BCUT2D eigenvalue weighted by Crippen LogP contribution is 2.20. The van der Waals surface area contributed by atoms with Crippen molar-refractivity contribution in [3.05, 3.63) is 0 Å². The van der Waals surface area contributed by atoms with Gasteiger partial charge in [-0.05, 0) is 26.7 Å². The van der Waals surface area contributed by atoms with Crippen molar-refractivity contribution in [1.29, 1.82) is 0 Å². The molecule has 1 aliphatic rings. The average molecular weight is 282 g/mol. The lowest BCUT2D eigenvalue weighted by Gasteiger charge is -2.24. The van der Waals surface area contributed by atoms with Gasteiger partial charge in [-0.3, -0.25) is 9.69 Å². The van der Waals surface area contributed by atoms with Crippen LogP contribution in [0.2, 0.25) is 0 Å². The van der Waals surface area contributed by atoms with Crippen LogP contribution in [-0.4, -0.2) is 48.3 Å². The fourth-order valence-electron chi connectivity index (χ4n) is 1.87. The van der Waals surface area contributed by atoms with E-state index in [1.54, 1.807) is 13.8 Å². The number of likely N-dealkylation sites (tertiary alicyclic amines) is 1. The van der Waals surface area contributed by atoms with Crippen molar-refractivity contribution in [1.82, 2.24) is 10.2 Å². The molecular weight excluding hydrogens is 265 g/mol. The number of rotatable bonds is 3. The van der Waals surface area contributed by atoms with Crippen LogP contribution < -0.4 is 5.32 Å². The minimum absolute atomic E-state index is 0.0962. The highest BCUT2D eigenvalue weighted by Gasteiger charge is 2.37. The molecule has 0 aromatic rings. The summed E-state index contributed by atoms with van der Waals surface area (Å²) in [5.74, 6) is -0.364. The molecule has 0 aromatic carbocycles. The topological polar surface area (TPSA) is 58.6 Å². The summed E-state index contributed by atoms with van der Waals surface area (Å²) in [7, 11) is 0. The highest BCUT2D eigenvalue weighted by molar-refractivity contribution is 5.86. The molecule has 19 heavy (non-hydrogen) atoms. The van der Waals surface area contributed by atoms with Crippen molar-refractivity contribution < 1.29 is 27.5 Å². The first kappa shape index (κ1) is 15.6. The summed E-state index contributed by atoms with van der Waals surface area (Å²) in [5.41, 5.74) is 0. The largest absolute Gasteiger partial charge is 0.440 e. The van der Waals surface area contributed by atoms with Crippen LogP contribution in [0.1, 0.15) is 26.7 Å². The molecule has 1 saturated heterocycles. The van der Waals surface area contributed by atoms with Crippen LogP contribution in [0.4, 0.5) is 18.0 Å². The number of alkyl halides is 3. The van der Waals surface area contributed by atoms with Gasteiger partial charge in [0.1, 0.15) is 6.04 Å². The van der Waals surface area contributed by atoms with E-state index < -0.39 is 24.9 Å². The SMILES string of the molecule is CC(C)NC(=O)[C@H]1CCCN1C(=O)OCC(F)(F)F. The van der Waals surface area contributed by atoms with Crippen LogP contribution in [0, 0.1) is 0 Å². The maximum absolute atomic E-state index is 12.0. The first-order valence-corrected chi connectivity index (χ1v) is 6.01. The Labute approximate surface area is 109 Å². The number of hydrogen-bond acceptors (Lipinski definition) is 3. The predicted molar refractivity (Wildman–Crippen MR) is 60.4 cm³/mol. The van der Waals surface area contributed by atoms with Crippen molar-refractivity contribution in [2.45, 2.75) is 44.9 Å². The predicted octanol–water partition coefficient (Wildman–Crippen LogP) is 1.67. The van der Waals surface area contributed by atoms with Gasteiger partial charge < -0.3 is 10.1 Å². The lowest BCUT2D eigenvalue weighted by Crippen LogP contribution is -2.48. The van der Waals surface area contributed by atoms with E-state index in [4.69, 9.17) is 0 Å². The maximum Gasteiger partial charge on any atom is 0.422 e. The van der Waals surface area contributed by atoms with Gasteiger partial charge in [0.15, 0.2) is 6.61 Å². The number of halogens is 3. The van der Waals surface area contributed by atoms with E-state index in [2.05, 4.69) is 10.1 Å². The van der Waals surface area contributed by atoms with E-state index in [9.17, 15) is 22.8 Å². The smallest absolute Gasteiger partial charge is 0.422 e. The first-order valence-electron chi connectivity index (χ1n) is 6.01. The van der Waals surface area contributed by atoms with Crippen molar-refractivity contribution >= 4 is 12.0 Å². The standard InChI is InChI=1S/C11H17F3N2O3/c1-7(2)15-9(17)8-4-3-5-16(8)10(18)19-6-11(12,13)14/h7-8H,3-6H2,1-2H3,(H,15,17)/t8-/m1/s1. The Morgan fingerprint density at radius 3 is 2.58 bits per heavy atom. The van der Waals surface area contributed by atoms with Gasteiger partial charge in [-0.25, -0.2) is 4.79 Å². The molecule has 0 aliphatic carbocycles. The number of nitrogens with zero attached hydrogens (tertiary/aromatic N) is 1. The van der Waals surface area contributed by atoms with Crippen molar-refractivity contribution in [3.63, 3.8) is 0 Å². The van der Waals surface area contributed by atoms with Crippen LogP contribution in [0.3, 0.4) is 0 Å². The third kappa shape index (κ3) is 4.96. The van der Waals surface area contributed by atoms with Gasteiger partial charge in [-0.15, -0.1) is 0 Å². The summed E-state index contributed by atoms with van der Waals surface area (Å²) in [6.45, 7) is 2.12. The molecule has 0 aromatic heterocycles. The molecule has 0 radical (unpaired) electrons. The molecule has 110 valence electrons. The average Bonchev–Trinajstić information content (AvgIpc) is 2.72. The van der Waals surface area contributed by atoms with Crippen molar-refractivity contribution in [2.75, 3.05) is 13.2 Å². The molecular formula is C11H17F3N2O3. The zero-order valence-electron chi connectivity index (χ0n) is 10.8. The molecule has 2 amide bonds. The van der Waals surface area contributed by atoms with Gasteiger partial charge >= 0.3 is 12.3 Å². The third-order valence-corrected chi connectivity index (χ3v) is 2.58. The first-order chi connectivity index (χ1) is 8.70. The number of nitrogens with one attached hydrogen (secondary N) is 1. The van der Waals surface area contributed by atoms with E-state index in [0.29, 0.717) is 12.8 Å². The molecule has 0 bridgehead atoms. The lowest BCUT2D eigenvalue weighted by atomic mass is 10.2. The van der Waals surface area contributed by atoms with Gasteiger partial charge in [-0.2, -0.15) is 13.2 Å². The van der Waals surface area contributed by atoms with Crippen LogP contribution >= 0.6 is 0 Å². The van der Waals surface area contributed by atoms with Gasteiger partial charge in [0.25, 0.3) is 0 Å². The van der Waals surface area contributed by atoms with Gasteiger partial charge in [-0.1, -0.05) is 0 Å². The summed E-state index contributed by atoms with van der Waals surface area (Å²) in [6, 6.07) is -0.843. The Balaban J connectivity index is 2.56. The van der Waals surface area contributed by atoms with Crippen LogP contribution in [0.15, 0.2) is 0 Å². The Kier molecular flexibility index (Phi) is 5.02. The Morgan fingerprint density at radius 1 is 1.42 bits per heavy atom. The van der Waals surface area contributed by atoms with E-state index in [1.807, 2.05) is 0 Å². The molecule has 1 heterocycles. The number of carbonyl (C=O) groups excluding carboxylic acids is 2. The summed E-state index contributed by atoms with van der Waals surface area (Å²) in [6.07, 6.45) is -4.67. The maximum atomic E-state index is 12.0. The van der Waals surface area contributed by atoms with E-state index in [-0.39, 0.29) is 18.5 Å². The van der Waals surface area contributed by atoms with Gasteiger partial charge in [0.2, 0.25) is 5.91 Å². The number of carbonyl (C=O) groups is 2. The normalized spacial score (nSPS) is 19.7. The molecule has 1 N–H and O–H groups in total. The van der Waals surface area contributed by atoms with Gasteiger partial charge in [0.05, 0.1) is 0 Å². The molecule has 0 spiro atoms. The van der Waals surface area contributed by atoms with Crippen LogP contribution in [0.5, 0.6) is 0 Å². The molecule has 5 nitrogen and oxygen atoms in total. The minimum Gasteiger partial charge on any atom is -0.440 e. The fraction of sp³-hybridized carbons (Fsp3) is 0.818. The molecule has 0 saturated carbocycles. The molecule has 8 heteroatoms. The zero-order valence-corrected chi connectivity index (χ0v) is 10.8. The Bertz CT molecular complexity index is 345. The van der Waals surface area contributed by atoms with E-state index >= 15 is 0 Å². The zero-order chi connectivity index (χ0) is 14.6. The molecule has 1 rings (SSSR count). The third-order valence-electron chi connectivity index (χ3n) is 2.58. The molecule has 0 unspecified atom stereocenters. The molecule has 1 atom stereocenters. The van der Waals surface area contributed by atoms with Gasteiger partial charge in [0, 0.05) is 12.6 Å². The lowest BCUT2D eigenvalue weighted by molar-refractivity contribution is -0.162. The van der Waals surface area contributed by atoms with Crippen LogP contribution in [0.25, 0.3) is 0 Å². The fourth-order valence-corrected chi connectivity index (χ4v) is 1.87. The summed E-state index contributed by atoms with van der Waals surface area (Å²) in [4.78, 5) is 24.4. The Hall–Kier alpha value is -1.47. The van der Waals surface area contributed by atoms with E-state index in [1.165, 1.54) is 0 Å². The monoisotopic (exact) mass is 282 g/mol. The second-order valence-electron chi connectivity index (χ2n) is 4.68. The molecule has 1 aliphatic heterocycles. The second-order valence-corrected chi connectivity index (χ2v) is 4.68. The summed E-state index contributed by atoms with van der Waals surface area (Å²) in [5, 5.41) is 2.63. The Morgan fingerprint density at radius 2 is 2.05 bits per heavy atom. The van der Waals surface area contributed by atoms with Crippen molar-refractivity contribution in [3.8, 4) is 0 Å². The summed E-state index contributed by atoms with van der Waals surface area (Å²) >= 11 is 0. The minimum atomic E-state index is -4.56.